The largest absolute Gasteiger partial charge is 0.389 e. The molecule has 1 aromatic heterocycles. The van der Waals surface area contributed by atoms with Gasteiger partial charge in [-0.1, -0.05) is 12.1 Å². The minimum absolute atomic E-state index is 0.199. The number of hydrogen-bond donors (Lipinski definition) is 1. The molecule has 5 heteroatoms. The van der Waals surface area contributed by atoms with Crippen LogP contribution in [0.1, 0.15) is 28.0 Å². The molecule has 0 radical (unpaired) electrons. The van der Waals surface area contributed by atoms with E-state index in [9.17, 15) is 9.65 Å². The van der Waals surface area contributed by atoms with Crippen molar-refractivity contribution in [3.05, 3.63) is 51.7 Å². The highest BCUT2D eigenvalue weighted by Gasteiger charge is 2.21. The van der Waals surface area contributed by atoms with Crippen molar-refractivity contribution in [2.75, 3.05) is 12.3 Å². The van der Waals surface area contributed by atoms with Gasteiger partial charge in [0.2, 0.25) is 0 Å². The second-order valence-electron chi connectivity index (χ2n) is 5.30. The van der Waals surface area contributed by atoms with Crippen molar-refractivity contribution in [1.29, 1.82) is 5.26 Å². The number of benzene rings is 1. The molecule has 3 nitrogen and oxygen atoms in total. The Hall–Kier alpha value is -1.90. The summed E-state index contributed by atoms with van der Waals surface area (Å²) in [6, 6.07) is 8.94. The van der Waals surface area contributed by atoms with Crippen molar-refractivity contribution in [3.63, 3.8) is 0 Å². The van der Waals surface area contributed by atoms with E-state index in [-0.39, 0.29) is 5.82 Å². The zero-order chi connectivity index (χ0) is 14.8. The second kappa shape index (κ2) is 5.84. The maximum absolute atomic E-state index is 13.3. The van der Waals surface area contributed by atoms with Crippen LogP contribution in [0, 0.1) is 17.1 Å². The van der Waals surface area contributed by atoms with Crippen molar-refractivity contribution in [2.45, 2.75) is 25.9 Å². The highest BCUT2D eigenvalue weighted by molar-refractivity contribution is 7.16. The summed E-state index contributed by atoms with van der Waals surface area (Å²) >= 11 is 1.51. The van der Waals surface area contributed by atoms with Crippen LogP contribution in [0.3, 0.4) is 0 Å². The van der Waals surface area contributed by atoms with Gasteiger partial charge in [0.15, 0.2) is 0 Å². The maximum Gasteiger partial charge on any atom is 0.123 e. The van der Waals surface area contributed by atoms with Gasteiger partial charge in [0.1, 0.15) is 16.9 Å². The van der Waals surface area contributed by atoms with Gasteiger partial charge in [-0.25, -0.2) is 4.39 Å². The summed E-state index contributed by atoms with van der Waals surface area (Å²) in [6.45, 7) is 2.45. The van der Waals surface area contributed by atoms with Crippen molar-refractivity contribution >= 4 is 16.3 Å². The molecule has 2 heterocycles. The van der Waals surface area contributed by atoms with E-state index in [1.807, 2.05) is 6.07 Å². The molecule has 2 aromatic rings. The van der Waals surface area contributed by atoms with Gasteiger partial charge >= 0.3 is 0 Å². The fraction of sp³-hybridized carbons (Fsp3) is 0.312. The van der Waals surface area contributed by atoms with Gasteiger partial charge < -0.3 is 5.73 Å². The number of fused-ring (bicyclic) bond motifs is 1. The lowest BCUT2D eigenvalue weighted by Crippen LogP contribution is -2.22. The van der Waals surface area contributed by atoms with Gasteiger partial charge in [0.25, 0.3) is 0 Å². The van der Waals surface area contributed by atoms with E-state index in [2.05, 4.69) is 11.0 Å². The SMILES string of the molecule is N#Cc1c(N)sc2c1CCCN(Cc1cccc(F)c1)C2. The van der Waals surface area contributed by atoms with Gasteiger partial charge in [-0.15, -0.1) is 11.3 Å². The van der Waals surface area contributed by atoms with Crippen LogP contribution in [0.5, 0.6) is 0 Å². The molecule has 0 amide bonds. The monoisotopic (exact) mass is 301 g/mol. The first-order valence-electron chi connectivity index (χ1n) is 6.94. The molecule has 0 fully saturated rings. The normalized spacial score (nSPS) is 15.2. The van der Waals surface area contributed by atoms with Crippen LogP contribution in [0.2, 0.25) is 0 Å². The molecule has 21 heavy (non-hydrogen) atoms. The number of thiophene rings is 1. The highest BCUT2D eigenvalue weighted by atomic mass is 32.1. The average Bonchev–Trinajstić information content (AvgIpc) is 2.61. The molecule has 2 N–H and O–H groups in total. The number of anilines is 1. The molecule has 0 atom stereocenters. The fourth-order valence-electron chi connectivity index (χ4n) is 2.84. The second-order valence-corrected chi connectivity index (χ2v) is 6.44. The number of nitrogen functional groups attached to an aromatic ring is 1. The summed E-state index contributed by atoms with van der Waals surface area (Å²) in [4.78, 5) is 3.47. The van der Waals surface area contributed by atoms with Gasteiger partial charge in [-0.3, -0.25) is 4.90 Å². The fourth-order valence-corrected chi connectivity index (χ4v) is 3.95. The summed E-state index contributed by atoms with van der Waals surface area (Å²) in [6.07, 6.45) is 1.89. The first kappa shape index (κ1) is 14.1. The number of halogens is 1. The number of nitrogens with two attached hydrogens (primary N) is 1. The van der Waals surface area contributed by atoms with E-state index in [1.165, 1.54) is 22.3 Å². The number of nitriles is 1. The first-order valence-corrected chi connectivity index (χ1v) is 7.76. The minimum atomic E-state index is -0.199. The van der Waals surface area contributed by atoms with E-state index in [1.54, 1.807) is 12.1 Å². The molecule has 1 aromatic carbocycles. The van der Waals surface area contributed by atoms with Crippen molar-refractivity contribution in [3.8, 4) is 6.07 Å². The van der Waals surface area contributed by atoms with Crippen molar-refractivity contribution in [2.24, 2.45) is 0 Å². The molecule has 0 bridgehead atoms. The van der Waals surface area contributed by atoms with Gasteiger partial charge in [0, 0.05) is 18.0 Å². The molecule has 3 rings (SSSR count). The van der Waals surface area contributed by atoms with Crippen LogP contribution in [-0.4, -0.2) is 11.4 Å². The lowest BCUT2D eigenvalue weighted by Gasteiger charge is -2.19. The maximum atomic E-state index is 13.3. The van der Waals surface area contributed by atoms with Crippen LogP contribution >= 0.6 is 11.3 Å². The molecule has 1 aliphatic rings. The Labute approximate surface area is 127 Å². The minimum Gasteiger partial charge on any atom is -0.389 e. The Morgan fingerprint density at radius 1 is 1.43 bits per heavy atom. The van der Waals surface area contributed by atoms with Crippen LogP contribution in [0.25, 0.3) is 0 Å². The average molecular weight is 301 g/mol. The highest BCUT2D eigenvalue weighted by Crippen LogP contribution is 2.34. The van der Waals surface area contributed by atoms with E-state index >= 15 is 0 Å². The summed E-state index contributed by atoms with van der Waals surface area (Å²) in [5.74, 6) is -0.199. The summed E-state index contributed by atoms with van der Waals surface area (Å²) in [7, 11) is 0. The molecular formula is C16H16FN3S. The quantitative estimate of drug-likeness (QED) is 0.926. The first-order chi connectivity index (χ1) is 10.2. The summed E-state index contributed by atoms with van der Waals surface area (Å²) in [5, 5.41) is 9.83. The Balaban J connectivity index is 1.81. The van der Waals surface area contributed by atoms with Crippen molar-refractivity contribution in [1.82, 2.24) is 4.90 Å². The van der Waals surface area contributed by atoms with Crippen molar-refractivity contribution < 1.29 is 4.39 Å². The van der Waals surface area contributed by atoms with Crippen LogP contribution in [0.4, 0.5) is 9.39 Å². The standard InChI is InChI=1S/C16H16FN3S/c17-12-4-1-3-11(7-12)9-20-6-2-5-13-14(8-18)16(19)21-15(13)10-20/h1,3-4,7H,2,5-6,9-10,19H2. The van der Waals surface area contributed by atoms with Crippen LogP contribution in [-0.2, 0) is 19.5 Å². The molecular weight excluding hydrogens is 285 g/mol. The third-order valence-electron chi connectivity index (χ3n) is 3.79. The number of hydrogen-bond acceptors (Lipinski definition) is 4. The lowest BCUT2D eigenvalue weighted by molar-refractivity contribution is 0.262. The smallest absolute Gasteiger partial charge is 0.123 e. The molecule has 0 saturated heterocycles. The number of nitrogens with zero attached hydrogens (tertiary/aromatic N) is 2. The Kier molecular flexibility index (Phi) is 3.91. The van der Waals surface area contributed by atoms with E-state index < -0.39 is 0 Å². The molecule has 0 saturated carbocycles. The Morgan fingerprint density at radius 3 is 3.05 bits per heavy atom. The van der Waals surface area contributed by atoms with Crippen LogP contribution in [0.15, 0.2) is 24.3 Å². The van der Waals surface area contributed by atoms with Gasteiger partial charge in [0.05, 0.1) is 5.56 Å². The Bertz CT molecular complexity index is 702. The topological polar surface area (TPSA) is 53.1 Å². The molecule has 108 valence electrons. The predicted octanol–water partition coefficient (Wildman–Crippen LogP) is 3.29. The Morgan fingerprint density at radius 2 is 2.29 bits per heavy atom. The van der Waals surface area contributed by atoms with Gasteiger partial charge in [-0.2, -0.15) is 5.26 Å². The molecule has 0 aliphatic carbocycles. The predicted molar refractivity (Wildman–Crippen MR) is 82.3 cm³/mol. The zero-order valence-electron chi connectivity index (χ0n) is 11.6. The molecule has 0 spiro atoms. The van der Waals surface area contributed by atoms with Crippen LogP contribution < -0.4 is 5.73 Å². The summed E-state index contributed by atoms with van der Waals surface area (Å²) in [5.41, 5.74) is 8.67. The third-order valence-corrected chi connectivity index (χ3v) is 4.84. The molecule has 1 aliphatic heterocycles. The third kappa shape index (κ3) is 2.92. The molecule has 0 unspecified atom stereocenters. The van der Waals surface area contributed by atoms with E-state index in [0.29, 0.717) is 10.6 Å². The summed E-state index contributed by atoms with van der Waals surface area (Å²) < 4.78 is 13.3. The van der Waals surface area contributed by atoms with E-state index in [4.69, 9.17) is 5.73 Å². The lowest BCUT2D eigenvalue weighted by atomic mass is 10.1. The zero-order valence-corrected chi connectivity index (χ0v) is 12.4. The number of rotatable bonds is 2. The van der Waals surface area contributed by atoms with E-state index in [0.717, 1.165) is 43.6 Å². The van der Waals surface area contributed by atoms with Gasteiger partial charge in [-0.05, 0) is 42.6 Å².